The quantitative estimate of drug-likeness (QED) is 0.329. The van der Waals surface area contributed by atoms with Gasteiger partial charge < -0.3 is 10.6 Å². The summed E-state index contributed by atoms with van der Waals surface area (Å²) in [6.45, 7) is 4.13. The van der Waals surface area contributed by atoms with Gasteiger partial charge in [0.1, 0.15) is 12.7 Å². The maximum absolute atomic E-state index is 4.64. The zero-order valence-corrected chi connectivity index (χ0v) is 17.2. The predicted octanol–water partition coefficient (Wildman–Crippen LogP) is 1.87. The van der Waals surface area contributed by atoms with Crippen LogP contribution in [-0.4, -0.2) is 37.0 Å². The fourth-order valence-corrected chi connectivity index (χ4v) is 2.36. The first-order valence-electron chi connectivity index (χ1n) is 8.19. The molecule has 0 atom stereocenters. The first-order chi connectivity index (χ1) is 12.3. The number of guanidine groups is 1. The second-order valence-corrected chi connectivity index (χ2v) is 5.50. The fourth-order valence-electron chi connectivity index (χ4n) is 2.36. The van der Waals surface area contributed by atoms with E-state index in [2.05, 4.69) is 30.8 Å². The molecule has 3 aromatic rings. The van der Waals surface area contributed by atoms with E-state index in [1.54, 1.807) is 17.2 Å². The Labute approximate surface area is 169 Å². The number of hydrogen-bond donors (Lipinski definition) is 2. The predicted molar refractivity (Wildman–Crippen MR) is 112 cm³/mol. The van der Waals surface area contributed by atoms with Crippen molar-refractivity contribution in [2.45, 2.75) is 20.0 Å². The molecule has 8 nitrogen and oxygen atoms in total. The Bertz CT molecular complexity index is 808. The maximum Gasteiger partial charge on any atom is 0.191 e. The Morgan fingerprint density at radius 3 is 2.54 bits per heavy atom. The Balaban J connectivity index is 0.00000243. The molecule has 2 aromatic heterocycles. The van der Waals surface area contributed by atoms with Gasteiger partial charge in [-0.3, -0.25) is 4.68 Å². The molecule has 138 valence electrons. The van der Waals surface area contributed by atoms with Crippen LogP contribution in [0.5, 0.6) is 0 Å². The monoisotopic (exact) mass is 466 g/mol. The van der Waals surface area contributed by atoms with Crippen molar-refractivity contribution in [1.82, 2.24) is 35.2 Å². The molecule has 0 bridgehead atoms. The molecule has 2 heterocycles. The Hall–Kier alpha value is -2.43. The molecule has 3 rings (SSSR count). The van der Waals surface area contributed by atoms with Crippen LogP contribution in [0.4, 0.5) is 0 Å². The lowest BCUT2D eigenvalue weighted by Crippen LogP contribution is -2.37. The summed E-state index contributed by atoms with van der Waals surface area (Å²) in [5, 5.41) is 14.9. The van der Waals surface area contributed by atoms with Crippen molar-refractivity contribution in [3.05, 3.63) is 60.4 Å². The summed E-state index contributed by atoms with van der Waals surface area (Å²) in [7, 11) is 1.93. The topological polar surface area (TPSA) is 84.9 Å². The van der Waals surface area contributed by atoms with Crippen LogP contribution in [-0.2, 0) is 20.1 Å². The molecule has 0 saturated heterocycles. The fraction of sp³-hybridized carbons (Fsp3) is 0.294. The van der Waals surface area contributed by atoms with Gasteiger partial charge in [-0.2, -0.15) is 10.2 Å². The number of halogens is 1. The van der Waals surface area contributed by atoms with E-state index >= 15 is 0 Å². The molecule has 0 fully saturated rings. The SMILES string of the molecule is CCNC(=NCc1ccc(-n2cncn2)cc1)NCc1ccnn1C.I. The zero-order chi connectivity index (χ0) is 17.5. The largest absolute Gasteiger partial charge is 0.357 e. The summed E-state index contributed by atoms with van der Waals surface area (Å²) >= 11 is 0. The van der Waals surface area contributed by atoms with Crippen molar-refractivity contribution in [2.24, 2.45) is 12.0 Å². The molecule has 9 heteroatoms. The molecule has 0 aliphatic carbocycles. The van der Waals surface area contributed by atoms with Gasteiger partial charge in [-0.1, -0.05) is 12.1 Å². The minimum absolute atomic E-state index is 0. The van der Waals surface area contributed by atoms with Crippen LogP contribution in [0.1, 0.15) is 18.2 Å². The number of aryl methyl sites for hydroxylation is 1. The van der Waals surface area contributed by atoms with Crippen LogP contribution >= 0.6 is 24.0 Å². The number of rotatable bonds is 6. The van der Waals surface area contributed by atoms with Crippen molar-refractivity contribution in [3.63, 3.8) is 0 Å². The summed E-state index contributed by atoms with van der Waals surface area (Å²) < 4.78 is 3.58. The van der Waals surface area contributed by atoms with Gasteiger partial charge in [0.15, 0.2) is 5.96 Å². The van der Waals surface area contributed by atoms with E-state index in [1.165, 1.54) is 6.33 Å². The highest BCUT2D eigenvalue weighted by atomic mass is 127. The third-order valence-corrected chi connectivity index (χ3v) is 3.74. The van der Waals surface area contributed by atoms with E-state index in [1.807, 2.05) is 49.0 Å². The van der Waals surface area contributed by atoms with Crippen LogP contribution in [0.3, 0.4) is 0 Å². The van der Waals surface area contributed by atoms with Gasteiger partial charge in [0.05, 0.1) is 24.5 Å². The molecule has 0 saturated carbocycles. The van der Waals surface area contributed by atoms with Gasteiger partial charge >= 0.3 is 0 Å². The van der Waals surface area contributed by atoms with E-state index in [0.717, 1.165) is 29.4 Å². The Morgan fingerprint density at radius 2 is 1.92 bits per heavy atom. The summed E-state index contributed by atoms with van der Waals surface area (Å²) in [6, 6.07) is 10.1. The number of benzene rings is 1. The van der Waals surface area contributed by atoms with Crippen molar-refractivity contribution >= 4 is 29.9 Å². The first-order valence-corrected chi connectivity index (χ1v) is 8.19. The van der Waals surface area contributed by atoms with Crippen LogP contribution in [0.15, 0.2) is 54.2 Å². The van der Waals surface area contributed by atoms with Crippen LogP contribution in [0.25, 0.3) is 5.69 Å². The highest BCUT2D eigenvalue weighted by Gasteiger charge is 2.02. The number of hydrogen-bond acceptors (Lipinski definition) is 4. The van der Waals surface area contributed by atoms with Crippen molar-refractivity contribution in [2.75, 3.05) is 6.54 Å². The number of nitrogens with one attached hydrogen (secondary N) is 2. The van der Waals surface area contributed by atoms with Gasteiger partial charge in [0, 0.05) is 19.8 Å². The van der Waals surface area contributed by atoms with E-state index in [4.69, 9.17) is 0 Å². The molecule has 0 radical (unpaired) electrons. The molecular formula is C17H23IN8. The minimum atomic E-state index is 0. The molecule has 2 N–H and O–H groups in total. The maximum atomic E-state index is 4.64. The Kier molecular flexibility index (Phi) is 7.57. The number of aromatic nitrogens is 5. The minimum Gasteiger partial charge on any atom is -0.357 e. The summed E-state index contributed by atoms with van der Waals surface area (Å²) in [5.41, 5.74) is 3.20. The van der Waals surface area contributed by atoms with Gasteiger partial charge in [0.2, 0.25) is 0 Å². The van der Waals surface area contributed by atoms with E-state index in [-0.39, 0.29) is 24.0 Å². The number of nitrogens with zero attached hydrogens (tertiary/aromatic N) is 6. The van der Waals surface area contributed by atoms with Crippen molar-refractivity contribution < 1.29 is 0 Å². The molecule has 0 aliphatic heterocycles. The summed E-state index contributed by atoms with van der Waals surface area (Å²) in [5.74, 6) is 0.782. The zero-order valence-electron chi connectivity index (χ0n) is 14.8. The molecule has 0 amide bonds. The number of aliphatic imine (C=N–C) groups is 1. The molecule has 0 aliphatic rings. The van der Waals surface area contributed by atoms with Gasteiger partial charge in [-0.15, -0.1) is 24.0 Å². The lowest BCUT2D eigenvalue weighted by Gasteiger charge is -2.11. The second kappa shape index (κ2) is 9.90. The second-order valence-electron chi connectivity index (χ2n) is 5.50. The third kappa shape index (κ3) is 5.28. The van der Waals surface area contributed by atoms with Crippen molar-refractivity contribution in [1.29, 1.82) is 0 Å². The van der Waals surface area contributed by atoms with Crippen molar-refractivity contribution in [3.8, 4) is 5.69 Å². The van der Waals surface area contributed by atoms with E-state index in [0.29, 0.717) is 13.1 Å². The Morgan fingerprint density at radius 1 is 1.12 bits per heavy atom. The molecule has 0 spiro atoms. The first kappa shape index (κ1) is 19.9. The summed E-state index contributed by atoms with van der Waals surface area (Å²) in [4.78, 5) is 8.59. The molecule has 0 unspecified atom stereocenters. The highest BCUT2D eigenvalue weighted by molar-refractivity contribution is 14.0. The normalized spacial score (nSPS) is 11.1. The van der Waals surface area contributed by atoms with Crippen LogP contribution in [0.2, 0.25) is 0 Å². The summed E-state index contributed by atoms with van der Waals surface area (Å²) in [6.07, 6.45) is 4.99. The highest BCUT2D eigenvalue weighted by Crippen LogP contribution is 2.09. The van der Waals surface area contributed by atoms with Gasteiger partial charge in [-0.25, -0.2) is 14.7 Å². The lowest BCUT2D eigenvalue weighted by atomic mass is 10.2. The lowest BCUT2D eigenvalue weighted by molar-refractivity contribution is 0.685. The van der Waals surface area contributed by atoms with Gasteiger partial charge in [0.25, 0.3) is 0 Å². The standard InChI is InChI=1S/C17H22N8.HI/c1-3-19-17(21-11-16-8-9-22-24(16)2)20-10-14-4-6-15(7-5-14)25-13-18-12-23-25;/h4-9,12-13H,3,10-11H2,1-2H3,(H2,19,20,21);1H. The van der Waals surface area contributed by atoms with E-state index in [9.17, 15) is 0 Å². The average Bonchev–Trinajstić information content (AvgIpc) is 3.30. The third-order valence-electron chi connectivity index (χ3n) is 3.74. The molecule has 1 aromatic carbocycles. The van der Waals surface area contributed by atoms with Crippen LogP contribution in [0, 0.1) is 0 Å². The van der Waals surface area contributed by atoms with E-state index < -0.39 is 0 Å². The molecular weight excluding hydrogens is 443 g/mol. The van der Waals surface area contributed by atoms with Gasteiger partial charge in [-0.05, 0) is 30.7 Å². The smallest absolute Gasteiger partial charge is 0.191 e. The molecule has 26 heavy (non-hydrogen) atoms. The average molecular weight is 466 g/mol. The van der Waals surface area contributed by atoms with Crippen LogP contribution < -0.4 is 10.6 Å².